The smallest absolute Gasteiger partial charge is 0.0633 e. The van der Waals surface area contributed by atoms with E-state index in [0.29, 0.717) is 0 Å². The van der Waals surface area contributed by atoms with Gasteiger partial charge < -0.3 is 10.6 Å². The molecule has 1 aromatic rings. The largest absolute Gasteiger partial charge is 0.404 e. The van der Waals surface area contributed by atoms with Gasteiger partial charge in [0.1, 0.15) is 0 Å². The number of hydrogen-bond donors (Lipinski definition) is 1. The van der Waals surface area contributed by atoms with E-state index < -0.39 is 0 Å². The Morgan fingerprint density at radius 3 is 2.75 bits per heavy atom. The topological polar surface area (TPSA) is 41.6 Å². The maximum absolute atomic E-state index is 5.64. The number of nitrogens with two attached hydrogens (primary N) is 1. The number of para-hydroxylation sites is 1. The lowest BCUT2D eigenvalue weighted by atomic mass is 10.0. The van der Waals surface area contributed by atoms with E-state index in [9.17, 15) is 0 Å². The van der Waals surface area contributed by atoms with Gasteiger partial charge in [0, 0.05) is 37.0 Å². The Morgan fingerprint density at radius 1 is 1.31 bits per heavy atom. The van der Waals surface area contributed by atoms with Crippen molar-refractivity contribution < 1.29 is 0 Å². The molecule has 1 aromatic carbocycles. The van der Waals surface area contributed by atoms with Crippen LogP contribution in [0.25, 0.3) is 0 Å². The molecule has 16 heavy (non-hydrogen) atoms. The highest BCUT2D eigenvalue weighted by Crippen LogP contribution is 2.17. The fourth-order valence-corrected chi connectivity index (χ4v) is 1.85. The summed E-state index contributed by atoms with van der Waals surface area (Å²) in [7, 11) is 2.10. The molecule has 0 atom stereocenters. The molecule has 0 unspecified atom stereocenters. The summed E-state index contributed by atoms with van der Waals surface area (Å²) in [4.78, 5) is 6.90. The number of aliphatic imine (C=N–C) groups is 1. The standard InChI is InChI=1S/C13H17N3/c1-16-8-7-13(11(9-14)10-16)15-12-5-3-2-4-6-12/h2-6,9H,7-8,10,14H2,1H3. The zero-order chi connectivity index (χ0) is 11.4. The molecule has 3 heteroatoms. The molecule has 3 nitrogen and oxygen atoms in total. The highest BCUT2D eigenvalue weighted by molar-refractivity contribution is 6.02. The zero-order valence-electron chi connectivity index (χ0n) is 9.56. The van der Waals surface area contributed by atoms with Gasteiger partial charge in [-0.15, -0.1) is 0 Å². The SMILES string of the molecule is CN1CCC(=Nc2ccccc2)C(=CN)C1. The predicted molar refractivity (Wildman–Crippen MR) is 67.9 cm³/mol. The number of hydrogen-bond acceptors (Lipinski definition) is 3. The van der Waals surface area contributed by atoms with Crippen molar-refractivity contribution in [3.05, 3.63) is 42.1 Å². The number of likely N-dealkylation sites (tertiary alicyclic amines) is 1. The minimum Gasteiger partial charge on any atom is -0.404 e. The first-order chi connectivity index (χ1) is 7.79. The number of likely N-dealkylation sites (N-methyl/N-ethyl adjacent to an activating group) is 1. The van der Waals surface area contributed by atoms with Crippen LogP contribution in [0.4, 0.5) is 5.69 Å². The first-order valence-corrected chi connectivity index (χ1v) is 5.52. The lowest BCUT2D eigenvalue weighted by Crippen LogP contribution is -2.33. The molecule has 84 valence electrons. The Hall–Kier alpha value is -1.61. The van der Waals surface area contributed by atoms with E-state index in [2.05, 4.69) is 16.9 Å². The average molecular weight is 215 g/mol. The number of rotatable bonds is 1. The molecule has 0 aromatic heterocycles. The Morgan fingerprint density at radius 2 is 2.06 bits per heavy atom. The number of nitrogens with zero attached hydrogens (tertiary/aromatic N) is 2. The molecule has 0 spiro atoms. The van der Waals surface area contributed by atoms with E-state index in [1.165, 1.54) is 0 Å². The van der Waals surface area contributed by atoms with Gasteiger partial charge in [-0.05, 0) is 19.2 Å². The fourth-order valence-electron chi connectivity index (χ4n) is 1.85. The van der Waals surface area contributed by atoms with Gasteiger partial charge in [0.05, 0.1) is 5.69 Å². The second-order valence-corrected chi connectivity index (χ2v) is 4.07. The summed E-state index contributed by atoms with van der Waals surface area (Å²) < 4.78 is 0. The Kier molecular flexibility index (Phi) is 3.37. The first-order valence-electron chi connectivity index (χ1n) is 5.52. The third-order valence-corrected chi connectivity index (χ3v) is 2.76. The van der Waals surface area contributed by atoms with Crippen LogP contribution in [-0.4, -0.2) is 30.7 Å². The molecule has 1 heterocycles. The lowest BCUT2D eigenvalue weighted by Gasteiger charge is -2.25. The summed E-state index contributed by atoms with van der Waals surface area (Å²) in [5.74, 6) is 0. The van der Waals surface area contributed by atoms with Crippen LogP contribution >= 0.6 is 0 Å². The van der Waals surface area contributed by atoms with Crippen molar-refractivity contribution in [1.82, 2.24) is 4.90 Å². The molecule has 2 N–H and O–H groups in total. The summed E-state index contributed by atoms with van der Waals surface area (Å²) in [6, 6.07) is 10.0. The molecule has 1 aliphatic heterocycles. The number of benzene rings is 1. The van der Waals surface area contributed by atoms with E-state index in [1.54, 1.807) is 6.20 Å². The van der Waals surface area contributed by atoms with Gasteiger partial charge in [-0.2, -0.15) is 0 Å². The Labute approximate surface area is 96.3 Å². The zero-order valence-corrected chi connectivity index (χ0v) is 9.56. The van der Waals surface area contributed by atoms with Gasteiger partial charge in [-0.3, -0.25) is 4.99 Å². The molecule has 0 saturated carbocycles. The van der Waals surface area contributed by atoms with E-state index in [1.807, 2.05) is 30.3 Å². The van der Waals surface area contributed by atoms with Crippen LogP contribution in [0.1, 0.15) is 6.42 Å². The molecule has 1 fully saturated rings. The van der Waals surface area contributed by atoms with Crippen molar-refractivity contribution in [2.45, 2.75) is 6.42 Å². The average Bonchev–Trinajstić information content (AvgIpc) is 2.33. The van der Waals surface area contributed by atoms with E-state index >= 15 is 0 Å². The first kappa shape index (κ1) is 10.9. The molecule has 1 aliphatic rings. The minimum atomic E-state index is 0.891. The van der Waals surface area contributed by atoms with Crippen molar-refractivity contribution in [3.8, 4) is 0 Å². The highest BCUT2D eigenvalue weighted by Gasteiger charge is 2.16. The molecule has 0 aliphatic carbocycles. The van der Waals surface area contributed by atoms with Gasteiger partial charge in [-0.25, -0.2) is 0 Å². The van der Waals surface area contributed by atoms with Crippen LogP contribution in [0.15, 0.2) is 47.1 Å². The normalized spacial score (nSPS) is 22.8. The van der Waals surface area contributed by atoms with E-state index in [4.69, 9.17) is 5.73 Å². The van der Waals surface area contributed by atoms with Crippen LogP contribution in [0.3, 0.4) is 0 Å². The van der Waals surface area contributed by atoms with Crippen LogP contribution in [0.5, 0.6) is 0 Å². The second-order valence-electron chi connectivity index (χ2n) is 4.07. The van der Waals surface area contributed by atoms with Crippen molar-refractivity contribution in [1.29, 1.82) is 0 Å². The van der Waals surface area contributed by atoms with Gasteiger partial charge in [0.15, 0.2) is 0 Å². The van der Waals surface area contributed by atoms with Gasteiger partial charge in [0.2, 0.25) is 0 Å². The van der Waals surface area contributed by atoms with Gasteiger partial charge >= 0.3 is 0 Å². The third-order valence-electron chi connectivity index (χ3n) is 2.76. The van der Waals surface area contributed by atoms with Crippen LogP contribution in [0, 0.1) is 0 Å². The van der Waals surface area contributed by atoms with Crippen LogP contribution < -0.4 is 5.73 Å². The monoisotopic (exact) mass is 215 g/mol. The van der Waals surface area contributed by atoms with Crippen molar-refractivity contribution in [3.63, 3.8) is 0 Å². The minimum absolute atomic E-state index is 0.891. The molecule has 0 radical (unpaired) electrons. The number of piperidine rings is 1. The summed E-state index contributed by atoms with van der Waals surface area (Å²) in [5, 5.41) is 0. The highest BCUT2D eigenvalue weighted by atomic mass is 15.1. The maximum Gasteiger partial charge on any atom is 0.0633 e. The quantitative estimate of drug-likeness (QED) is 0.777. The summed E-state index contributed by atoms with van der Waals surface area (Å²) in [6.45, 7) is 1.94. The molecular formula is C13H17N3. The summed E-state index contributed by atoms with van der Waals surface area (Å²) in [6.07, 6.45) is 2.64. The lowest BCUT2D eigenvalue weighted by molar-refractivity contribution is 0.365. The van der Waals surface area contributed by atoms with Crippen LogP contribution in [-0.2, 0) is 0 Å². The fraction of sp³-hybridized carbons (Fsp3) is 0.308. The Bertz CT molecular complexity index is 406. The van der Waals surface area contributed by atoms with Gasteiger partial charge in [0.25, 0.3) is 0 Å². The Balaban J connectivity index is 2.23. The van der Waals surface area contributed by atoms with Crippen molar-refractivity contribution >= 4 is 11.4 Å². The van der Waals surface area contributed by atoms with Crippen LogP contribution in [0.2, 0.25) is 0 Å². The molecular weight excluding hydrogens is 198 g/mol. The predicted octanol–water partition coefficient (Wildman–Crippen LogP) is 1.94. The molecule has 1 saturated heterocycles. The van der Waals surface area contributed by atoms with Crippen molar-refractivity contribution in [2.75, 3.05) is 20.1 Å². The molecule has 2 rings (SSSR count). The molecule has 0 bridgehead atoms. The summed E-state index contributed by atoms with van der Waals surface area (Å²) >= 11 is 0. The van der Waals surface area contributed by atoms with Gasteiger partial charge in [-0.1, -0.05) is 18.2 Å². The van der Waals surface area contributed by atoms with E-state index in [0.717, 1.165) is 36.5 Å². The second kappa shape index (κ2) is 4.94. The summed E-state index contributed by atoms with van der Waals surface area (Å²) in [5.41, 5.74) is 8.90. The maximum atomic E-state index is 5.64. The molecule has 0 amide bonds. The third kappa shape index (κ3) is 2.49. The van der Waals surface area contributed by atoms with Crippen molar-refractivity contribution in [2.24, 2.45) is 10.7 Å². The van der Waals surface area contributed by atoms with E-state index in [-0.39, 0.29) is 0 Å².